The van der Waals surface area contributed by atoms with Gasteiger partial charge >= 0.3 is 5.97 Å². The lowest BCUT2D eigenvalue weighted by atomic mass is 10.3. The lowest BCUT2D eigenvalue weighted by molar-refractivity contribution is -0.137. The third-order valence-corrected chi connectivity index (χ3v) is 3.72. The van der Waals surface area contributed by atoms with Crippen molar-refractivity contribution in [2.75, 3.05) is 13.7 Å². The zero-order valence-electron chi connectivity index (χ0n) is 11.6. The summed E-state index contributed by atoms with van der Waals surface area (Å²) in [6, 6.07) is 7.50. The van der Waals surface area contributed by atoms with E-state index < -0.39 is 5.97 Å². The van der Waals surface area contributed by atoms with Gasteiger partial charge in [-0.05, 0) is 37.6 Å². The van der Waals surface area contributed by atoms with Gasteiger partial charge in [-0.15, -0.1) is 11.8 Å². The second-order valence-electron chi connectivity index (χ2n) is 4.22. The number of nitrogens with one attached hydrogen (secondary N) is 1. The number of thioether (sulfide) groups is 1. The molecule has 6 heteroatoms. The van der Waals surface area contributed by atoms with Crippen molar-refractivity contribution in [1.82, 2.24) is 5.32 Å². The SMILES string of the molecule is COc1ccc(SC(C)C(=O)NCCCC(=O)O)cc1. The molecule has 1 aromatic rings. The summed E-state index contributed by atoms with van der Waals surface area (Å²) in [5.74, 6) is -0.156. The normalized spacial score (nSPS) is 11.7. The summed E-state index contributed by atoms with van der Waals surface area (Å²) in [4.78, 5) is 23.1. The number of aliphatic carboxylic acids is 1. The number of hydrogen-bond acceptors (Lipinski definition) is 4. The maximum Gasteiger partial charge on any atom is 0.303 e. The van der Waals surface area contributed by atoms with Crippen LogP contribution in [0.25, 0.3) is 0 Å². The van der Waals surface area contributed by atoms with Crippen LogP contribution in [0.15, 0.2) is 29.2 Å². The van der Waals surface area contributed by atoms with Gasteiger partial charge in [0.15, 0.2) is 0 Å². The van der Waals surface area contributed by atoms with Crippen molar-refractivity contribution >= 4 is 23.6 Å². The Labute approximate surface area is 122 Å². The molecule has 0 aliphatic heterocycles. The summed E-state index contributed by atoms with van der Waals surface area (Å²) >= 11 is 1.45. The van der Waals surface area contributed by atoms with Crippen LogP contribution >= 0.6 is 11.8 Å². The number of hydrogen-bond donors (Lipinski definition) is 2. The van der Waals surface area contributed by atoms with E-state index >= 15 is 0 Å². The number of amides is 1. The van der Waals surface area contributed by atoms with Gasteiger partial charge in [0.25, 0.3) is 0 Å². The molecule has 1 rings (SSSR count). The fraction of sp³-hybridized carbons (Fsp3) is 0.429. The van der Waals surface area contributed by atoms with E-state index in [1.807, 2.05) is 31.2 Å². The first-order valence-electron chi connectivity index (χ1n) is 6.33. The van der Waals surface area contributed by atoms with Gasteiger partial charge in [0.2, 0.25) is 5.91 Å². The fourth-order valence-corrected chi connectivity index (χ4v) is 2.40. The Bertz CT molecular complexity index is 447. The number of carboxylic acid groups (broad SMARTS) is 1. The highest BCUT2D eigenvalue weighted by molar-refractivity contribution is 8.00. The number of carbonyl (C=O) groups excluding carboxylic acids is 1. The van der Waals surface area contributed by atoms with Gasteiger partial charge in [0.05, 0.1) is 12.4 Å². The Morgan fingerprint density at radius 1 is 1.35 bits per heavy atom. The third-order valence-electron chi connectivity index (χ3n) is 2.61. The molecule has 0 aromatic heterocycles. The molecule has 0 bridgehead atoms. The lowest BCUT2D eigenvalue weighted by Gasteiger charge is -2.12. The molecule has 1 amide bonds. The summed E-state index contributed by atoms with van der Waals surface area (Å²) in [7, 11) is 1.61. The van der Waals surface area contributed by atoms with Crippen molar-refractivity contribution in [3.63, 3.8) is 0 Å². The number of rotatable bonds is 8. The minimum Gasteiger partial charge on any atom is -0.497 e. The zero-order chi connectivity index (χ0) is 15.0. The maximum atomic E-state index is 11.8. The smallest absolute Gasteiger partial charge is 0.303 e. The fourth-order valence-electron chi connectivity index (χ4n) is 1.51. The van der Waals surface area contributed by atoms with Crippen molar-refractivity contribution in [3.8, 4) is 5.75 Å². The number of methoxy groups -OCH3 is 1. The third kappa shape index (κ3) is 5.97. The molecular formula is C14H19NO4S. The molecular weight excluding hydrogens is 278 g/mol. The Balaban J connectivity index is 2.34. The van der Waals surface area contributed by atoms with E-state index in [2.05, 4.69) is 5.32 Å². The number of carboxylic acids is 1. The first-order valence-corrected chi connectivity index (χ1v) is 7.21. The molecule has 0 saturated heterocycles. The Kier molecular flexibility index (Phi) is 6.93. The molecule has 0 radical (unpaired) electrons. The van der Waals surface area contributed by atoms with E-state index in [9.17, 15) is 9.59 Å². The van der Waals surface area contributed by atoms with Gasteiger partial charge < -0.3 is 15.2 Å². The van der Waals surface area contributed by atoms with Crippen LogP contribution in [0.1, 0.15) is 19.8 Å². The predicted octanol–water partition coefficient (Wildman–Crippen LogP) is 2.16. The van der Waals surface area contributed by atoms with Crippen LogP contribution in [0, 0.1) is 0 Å². The Morgan fingerprint density at radius 2 is 2.00 bits per heavy atom. The quantitative estimate of drug-likeness (QED) is 0.568. The summed E-state index contributed by atoms with van der Waals surface area (Å²) in [6.45, 7) is 2.21. The average Bonchev–Trinajstić information content (AvgIpc) is 2.44. The molecule has 0 heterocycles. The van der Waals surface area contributed by atoms with E-state index in [1.165, 1.54) is 11.8 Å². The zero-order valence-corrected chi connectivity index (χ0v) is 12.4. The standard InChI is InChI=1S/C14H19NO4S/c1-10(14(18)15-9-3-4-13(16)17)20-12-7-5-11(19-2)6-8-12/h5-8,10H,3-4,9H2,1-2H3,(H,15,18)(H,16,17). The Morgan fingerprint density at radius 3 is 2.55 bits per heavy atom. The topological polar surface area (TPSA) is 75.6 Å². The maximum absolute atomic E-state index is 11.8. The molecule has 1 unspecified atom stereocenters. The van der Waals surface area contributed by atoms with Crippen LogP contribution in [0.3, 0.4) is 0 Å². The first-order chi connectivity index (χ1) is 9.52. The van der Waals surface area contributed by atoms with Crippen molar-refractivity contribution < 1.29 is 19.4 Å². The van der Waals surface area contributed by atoms with E-state index in [1.54, 1.807) is 7.11 Å². The molecule has 110 valence electrons. The van der Waals surface area contributed by atoms with Gasteiger partial charge in [-0.2, -0.15) is 0 Å². The molecule has 20 heavy (non-hydrogen) atoms. The molecule has 1 atom stereocenters. The van der Waals surface area contributed by atoms with E-state index in [0.29, 0.717) is 13.0 Å². The molecule has 0 aliphatic carbocycles. The molecule has 1 aromatic carbocycles. The van der Waals surface area contributed by atoms with Crippen molar-refractivity contribution in [1.29, 1.82) is 0 Å². The highest BCUT2D eigenvalue weighted by Crippen LogP contribution is 2.25. The second kappa shape index (κ2) is 8.47. The van der Waals surface area contributed by atoms with Gasteiger partial charge in [-0.3, -0.25) is 9.59 Å². The van der Waals surface area contributed by atoms with Crippen LogP contribution < -0.4 is 10.1 Å². The largest absolute Gasteiger partial charge is 0.497 e. The Hall–Kier alpha value is -1.69. The molecule has 0 aliphatic rings. The molecule has 2 N–H and O–H groups in total. The van der Waals surface area contributed by atoms with Crippen molar-refractivity contribution in [2.24, 2.45) is 0 Å². The van der Waals surface area contributed by atoms with E-state index in [-0.39, 0.29) is 17.6 Å². The molecule has 0 spiro atoms. The number of ether oxygens (including phenoxy) is 1. The summed E-state index contributed by atoms with van der Waals surface area (Å²) in [5.41, 5.74) is 0. The number of carbonyl (C=O) groups is 2. The van der Waals surface area contributed by atoms with Crippen LogP contribution in [0.5, 0.6) is 5.75 Å². The lowest BCUT2D eigenvalue weighted by Crippen LogP contribution is -2.31. The molecule has 0 saturated carbocycles. The van der Waals surface area contributed by atoms with Crippen LogP contribution in [0.4, 0.5) is 0 Å². The average molecular weight is 297 g/mol. The summed E-state index contributed by atoms with van der Waals surface area (Å²) < 4.78 is 5.07. The van der Waals surface area contributed by atoms with Gasteiger partial charge in [0.1, 0.15) is 5.75 Å². The molecule has 5 nitrogen and oxygen atoms in total. The van der Waals surface area contributed by atoms with Crippen LogP contribution in [-0.4, -0.2) is 35.9 Å². The van der Waals surface area contributed by atoms with Crippen LogP contribution in [0.2, 0.25) is 0 Å². The van der Waals surface area contributed by atoms with Crippen LogP contribution in [-0.2, 0) is 9.59 Å². The monoisotopic (exact) mass is 297 g/mol. The van der Waals surface area contributed by atoms with Gasteiger partial charge in [-0.25, -0.2) is 0 Å². The minimum atomic E-state index is -0.847. The van der Waals surface area contributed by atoms with Crippen molar-refractivity contribution in [2.45, 2.75) is 29.9 Å². The summed E-state index contributed by atoms with van der Waals surface area (Å²) in [5, 5.41) is 11.0. The molecule has 0 fully saturated rings. The second-order valence-corrected chi connectivity index (χ2v) is 5.64. The van der Waals surface area contributed by atoms with E-state index in [4.69, 9.17) is 9.84 Å². The highest BCUT2D eigenvalue weighted by atomic mass is 32.2. The highest BCUT2D eigenvalue weighted by Gasteiger charge is 2.13. The first kappa shape index (κ1) is 16.4. The van der Waals surface area contributed by atoms with Gasteiger partial charge in [-0.1, -0.05) is 0 Å². The van der Waals surface area contributed by atoms with Crippen molar-refractivity contribution in [3.05, 3.63) is 24.3 Å². The summed E-state index contributed by atoms with van der Waals surface area (Å²) in [6.07, 6.45) is 0.515. The van der Waals surface area contributed by atoms with Gasteiger partial charge in [0, 0.05) is 17.9 Å². The van der Waals surface area contributed by atoms with E-state index in [0.717, 1.165) is 10.6 Å². The minimum absolute atomic E-state index is 0.0697. The number of benzene rings is 1. The predicted molar refractivity (Wildman–Crippen MR) is 78.2 cm³/mol.